The van der Waals surface area contributed by atoms with Crippen molar-refractivity contribution in [1.29, 1.82) is 5.26 Å². The highest BCUT2D eigenvalue weighted by atomic mass is 35.5. The van der Waals surface area contributed by atoms with E-state index >= 15 is 0 Å². The minimum Gasteiger partial charge on any atom is -0.457 e. The van der Waals surface area contributed by atoms with E-state index in [1.807, 2.05) is 6.07 Å². The van der Waals surface area contributed by atoms with Gasteiger partial charge in [0.25, 0.3) is 6.43 Å². The summed E-state index contributed by atoms with van der Waals surface area (Å²) in [6.45, 7) is 0. The van der Waals surface area contributed by atoms with Gasteiger partial charge in [0, 0.05) is 15.5 Å². The quantitative estimate of drug-likeness (QED) is 0.687. The average molecular weight is 390 g/mol. The first-order valence-electron chi connectivity index (χ1n) is 6.81. The van der Waals surface area contributed by atoms with Crippen LogP contribution in [-0.4, -0.2) is 10.4 Å². The highest BCUT2D eigenvalue weighted by molar-refractivity contribution is 8.00. The summed E-state index contributed by atoms with van der Waals surface area (Å²) in [5.74, 6) is -0.335. The number of fused-ring (bicyclic) bond motifs is 1. The van der Waals surface area contributed by atoms with Crippen molar-refractivity contribution in [2.75, 3.05) is 0 Å². The van der Waals surface area contributed by atoms with Gasteiger partial charge >= 0.3 is 5.25 Å². The van der Waals surface area contributed by atoms with Gasteiger partial charge in [-0.05, 0) is 36.0 Å². The number of rotatable bonds is 3. The first-order chi connectivity index (χ1) is 11.7. The van der Waals surface area contributed by atoms with Gasteiger partial charge in [0.2, 0.25) is 0 Å². The first-order valence-corrected chi connectivity index (χ1v) is 8.00. The molecule has 0 saturated heterocycles. The van der Waals surface area contributed by atoms with Crippen molar-refractivity contribution < 1.29 is 27.4 Å². The molecule has 1 atom stereocenters. The van der Waals surface area contributed by atoms with E-state index in [0.717, 1.165) is 12.1 Å². The monoisotopic (exact) mass is 389 g/mol. The van der Waals surface area contributed by atoms with Gasteiger partial charge < -0.3 is 9.84 Å². The summed E-state index contributed by atoms with van der Waals surface area (Å²) in [6.07, 6.45) is -5.27. The van der Waals surface area contributed by atoms with E-state index in [9.17, 15) is 22.7 Å². The molecule has 0 fully saturated rings. The number of ether oxygens (including phenoxy) is 1. The van der Waals surface area contributed by atoms with Crippen molar-refractivity contribution in [3.05, 3.63) is 52.0 Å². The van der Waals surface area contributed by atoms with Gasteiger partial charge in [-0.25, -0.2) is 8.78 Å². The minimum absolute atomic E-state index is 0.0150. The number of nitrogens with zero attached hydrogens (tertiary/aromatic N) is 1. The predicted molar refractivity (Wildman–Crippen MR) is 83.4 cm³/mol. The zero-order valence-electron chi connectivity index (χ0n) is 12.1. The number of halogens is 5. The molecule has 1 aliphatic heterocycles. The summed E-state index contributed by atoms with van der Waals surface area (Å²) in [5.41, 5.74) is -0.864. The van der Waals surface area contributed by atoms with E-state index in [4.69, 9.17) is 21.6 Å². The van der Waals surface area contributed by atoms with Gasteiger partial charge in [-0.3, -0.25) is 0 Å². The van der Waals surface area contributed by atoms with Crippen LogP contribution in [0.4, 0.5) is 17.6 Å². The van der Waals surface area contributed by atoms with Crippen LogP contribution in [0.25, 0.3) is 0 Å². The summed E-state index contributed by atoms with van der Waals surface area (Å²) in [7, 11) is 0. The highest BCUT2D eigenvalue weighted by Crippen LogP contribution is 2.58. The van der Waals surface area contributed by atoms with Gasteiger partial charge in [-0.15, -0.1) is 0 Å². The van der Waals surface area contributed by atoms with Crippen molar-refractivity contribution in [3.8, 4) is 17.6 Å². The molecule has 1 aliphatic rings. The Kier molecular flexibility index (Phi) is 4.58. The average Bonchev–Trinajstić information content (AvgIpc) is 2.75. The zero-order chi connectivity index (χ0) is 18.4. The Bertz CT molecular complexity index is 885. The predicted octanol–water partition coefficient (Wildman–Crippen LogP) is 5.67. The number of aliphatic hydroxyl groups is 1. The Morgan fingerprint density at radius 1 is 1.28 bits per heavy atom. The fourth-order valence-corrected chi connectivity index (χ4v) is 3.74. The molecule has 0 spiro atoms. The lowest BCUT2D eigenvalue weighted by molar-refractivity contribution is -0.0310. The SMILES string of the molecule is N#Cc1cc(Cl)cc(Oc2ccc3c(c2C(F)F)SC(F)(F)C3O)c1. The third-order valence-corrected chi connectivity index (χ3v) is 4.86. The molecule has 130 valence electrons. The number of benzene rings is 2. The minimum atomic E-state index is -3.60. The van der Waals surface area contributed by atoms with Gasteiger partial charge in [0.15, 0.2) is 6.10 Å². The van der Waals surface area contributed by atoms with Crippen molar-refractivity contribution in [1.82, 2.24) is 0 Å². The fraction of sp³-hybridized carbons (Fsp3) is 0.188. The molecule has 0 aromatic heterocycles. The molecule has 0 radical (unpaired) electrons. The third kappa shape index (κ3) is 3.27. The summed E-state index contributed by atoms with van der Waals surface area (Å²) in [6, 6.07) is 7.99. The molecule has 2 aromatic rings. The second-order valence-corrected chi connectivity index (χ2v) is 6.75. The topological polar surface area (TPSA) is 53.2 Å². The van der Waals surface area contributed by atoms with Crippen LogP contribution in [0.15, 0.2) is 35.2 Å². The van der Waals surface area contributed by atoms with E-state index in [-0.39, 0.29) is 39.4 Å². The van der Waals surface area contributed by atoms with Crippen LogP contribution in [0.3, 0.4) is 0 Å². The first kappa shape index (κ1) is 17.9. The molecule has 3 nitrogen and oxygen atoms in total. The molecule has 0 aliphatic carbocycles. The Balaban J connectivity index is 2.07. The molecular weight excluding hydrogens is 382 g/mol. The van der Waals surface area contributed by atoms with Gasteiger partial charge in [-0.1, -0.05) is 17.7 Å². The molecular formula is C16H8ClF4NO2S. The maximum atomic E-state index is 13.7. The zero-order valence-corrected chi connectivity index (χ0v) is 13.7. The van der Waals surface area contributed by atoms with Crippen molar-refractivity contribution in [2.45, 2.75) is 22.7 Å². The lowest BCUT2D eigenvalue weighted by Crippen LogP contribution is -2.15. The number of aliphatic hydroxyl groups excluding tert-OH is 1. The molecule has 0 saturated carbocycles. The number of thioether (sulfide) groups is 1. The lowest BCUT2D eigenvalue weighted by Gasteiger charge is -2.14. The molecule has 1 N–H and O–H groups in total. The highest BCUT2D eigenvalue weighted by Gasteiger charge is 2.50. The van der Waals surface area contributed by atoms with E-state index in [1.54, 1.807) is 0 Å². The van der Waals surface area contributed by atoms with Crippen LogP contribution < -0.4 is 4.74 Å². The van der Waals surface area contributed by atoms with Crippen LogP contribution in [0.2, 0.25) is 5.02 Å². The van der Waals surface area contributed by atoms with E-state index in [2.05, 4.69) is 0 Å². The van der Waals surface area contributed by atoms with Crippen LogP contribution in [0.5, 0.6) is 11.5 Å². The lowest BCUT2D eigenvalue weighted by atomic mass is 10.1. The van der Waals surface area contributed by atoms with Crippen LogP contribution in [0.1, 0.15) is 29.2 Å². The molecule has 1 heterocycles. The molecule has 1 unspecified atom stereocenters. The molecule has 3 rings (SSSR count). The van der Waals surface area contributed by atoms with Crippen molar-refractivity contribution in [2.24, 2.45) is 0 Å². The normalized spacial score (nSPS) is 18.1. The summed E-state index contributed by atoms with van der Waals surface area (Å²) < 4.78 is 59.7. The molecule has 0 bridgehead atoms. The third-order valence-electron chi connectivity index (χ3n) is 3.48. The summed E-state index contributed by atoms with van der Waals surface area (Å²) >= 11 is 5.70. The number of hydrogen-bond donors (Lipinski definition) is 1. The summed E-state index contributed by atoms with van der Waals surface area (Å²) in [4.78, 5) is -0.410. The Morgan fingerprint density at radius 2 is 2.00 bits per heavy atom. The smallest absolute Gasteiger partial charge is 0.327 e. The number of nitriles is 1. The van der Waals surface area contributed by atoms with Gasteiger partial charge in [0.1, 0.15) is 11.5 Å². The van der Waals surface area contributed by atoms with Crippen LogP contribution in [0, 0.1) is 11.3 Å². The second kappa shape index (κ2) is 6.41. The number of alkyl halides is 4. The fourth-order valence-electron chi connectivity index (χ4n) is 2.41. The standard InChI is InChI=1S/C16H8ClF4NO2S/c17-8-3-7(6-22)4-9(5-8)24-11-2-1-10-13(12(11)15(18)19)25-16(20,21)14(10)23/h1-5,14-15,23H. The van der Waals surface area contributed by atoms with Gasteiger partial charge in [0.05, 0.1) is 17.2 Å². The maximum absolute atomic E-state index is 13.7. The molecule has 25 heavy (non-hydrogen) atoms. The number of hydrogen-bond acceptors (Lipinski definition) is 4. The Morgan fingerprint density at radius 3 is 2.64 bits per heavy atom. The van der Waals surface area contributed by atoms with Crippen molar-refractivity contribution >= 4 is 23.4 Å². The maximum Gasteiger partial charge on any atom is 0.327 e. The summed E-state index contributed by atoms with van der Waals surface area (Å²) in [5, 5.41) is 15.1. The molecule has 0 amide bonds. The second-order valence-electron chi connectivity index (χ2n) is 5.15. The van der Waals surface area contributed by atoms with Gasteiger partial charge in [-0.2, -0.15) is 14.0 Å². The Labute approximate surface area is 148 Å². The van der Waals surface area contributed by atoms with Crippen LogP contribution in [-0.2, 0) is 0 Å². The Hall–Kier alpha value is -1.95. The van der Waals surface area contributed by atoms with E-state index in [0.29, 0.717) is 0 Å². The van der Waals surface area contributed by atoms with Crippen molar-refractivity contribution in [3.63, 3.8) is 0 Å². The van der Waals surface area contributed by atoms with E-state index in [1.165, 1.54) is 18.2 Å². The largest absolute Gasteiger partial charge is 0.457 e. The molecule has 9 heteroatoms. The van der Waals surface area contributed by atoms with Crippen LogP contribution >= 0.6 is 23.4 Å². The molecule has 2 aromatic carbocycles. The van der Waals surface area contributed by atoms with E-state index < -0.39 is 28.2 Å².